The van der Waals surface area contributed by atoms with Gasteiger partial charge in [-0.25, -0.2) is 4.68 Å². The molecule has 0 saturated carbocycles. The number of hydrogen-bond donors (Lipinski definition) is 2. The van der Waals surface area contributed by atoms with Crippen molar-refractivity contribution < 1.29 is 0 Å². The second-order valence-corrected chi connectivity index (χ2v) is 8.97. The maximum atomic E-state index is 4.66. The standard InChI is InChI=1S/C27H36N6/c1-21-17-22(2)33(31-21)26-12-8-7-11-25(26)19-30-27(28-3)29-18-24-14-16-32(20-24)15-13-23-9-5-4-6-10-23/h4-12,17,24H,13-16,18-20H2,1-3H3,(H2,28,29,30). The van der Waals surface area contributed by atoms with E-state index in [1.165, 1.54) is 24.1 Å². The fraction of sp³-hybridized carbons (Fsp3) is 0.407. The molecule has 2 aromatic carbocycles. The van der Waals surface area contributed by atoms with Crippen LogP contribution in [-0.4, -0.2) is 53.9 Å². The van der Waals surface area contributed by atoms with Gasteiger partial charge < -0.3 is 15.5 Å². The fourth-order valence-corrected chi connectivity index (χ4v) is 4.59. The van der Waals surface area contributed by atoms with Gasteiger partial charge in [0, 0.05) is 38.9 Å². The Kier molecular flexibility index (Phi) is 7.79. The largest absolute Gasteiger partial charge is 0.356 e. The number of aryl methyl sites for hydroxylation is 2. The Labute approximate surface area is 197 Å². The zero-order chi connectivity index (χ0) is 23.0. The minimum Gasteiger partial charge on any atom is -0.356 e. The van der Waals surface area contributed by atoms with E-state index in [1.807, 2.05) is 18.7 Å². The van der Waals surface area contributed by atoms with Crippen molar-refractivity contribution in [3.63, 3.8) is 0 Å². The highest BCUT2D eigenvalue weighted by molar-refractivity contribution is 5.79. The molecule has 1 aromatic heterocycles. The van der Waals surface area contributed by atoms with E-state index in [4.69, 9.17) is 0 Å². The summed E-state index contributed by atoms with van der Waals surface area (Å²) in [4.78, 5) is 7.03. The zero-order valence-electron chi connectivity index (χ0n) is 20.1. The molecule has 1 unspecified atom stereocenters. The monoisotopic (exact) mass is 444 g/mol. The predicted molar refractivity (Wildman–Crippen MR) is 136 cm³/mol. The third-order valence-electron chi connectivity index (χ3n) is 6.39. The van der Waals surface area contributed by atoms with E-state index < -0.39 is 0 Å². The van der Waals surface area contributed by atoms with Crippen molar-refractivity contribution in [2.75, 3.05) is 33.2 Å². The topological polar surface area (TPSA) is 57.5 Å². The summed E-state index contributed by atoms with van der Waals surface area (Å²) in [5.74, 6) is 1.50. The molecule has 3 aromatic rings. The lowest BCUT2D eigenvalue weighted by Crippen LogP contribution is -2.40. The Hall–Kier alpha value is -3.12. The molecule has 0 aliphatic carbocycles. The summed E-state index contributed by atoms with van der Waals surface area (Å²) < 4.78 is 2.02. The maximum absolute atomic E-state index is 4.66. The van der Waals surface area contributed by atoms with Crippen molar-refractivity contribution in [1.29, 1.82) is 0 Å². The number of aromatic nitrogens is 2. The molecular formula is C27H36N6. The number of rotatable bonds is 8. The molecule has 1 saturated heterocycles. The molecule has 1 aliphatic heterocycles. The van der Waals surface area contributed by atoms with E-state index in [0.717, 1.165) is 49.1 Å². The Morgan fingerprint density at radius 3 is 2.61 bits per heavy atom. The lowest BCUT2D eigenvalue weighted by molar-refractivity contribution is 0.328. The first-order valence-electron chi connectivity index (χ1n) is 11.9. The van der Waals surface area contributed by atoms with E-state index in [2.05, 4.69) is 93.2 Å². The number of guanidine groups is 1. The molecule has 0 radical (unpaired) electrons. The van der Waals surface area contributed by atoms with Crippen LogP contribution in [0.4, 0.5) is 0 Å². The number of nitrogens with zero attached hydrogens (tertiary/aromatic N) is 4. The van der Waals surface area contributed by atoms with Crippen molar-refractivity contribution in [1.82, 2.24) is 25.3 Å². The molecule has 4 rings (SSSR count). The van der Waals surface area contributed by atoms with E-state index >= 15 is 0 Å². The Morgan fingerprint density at radius 2 is 1.85 bits per heavy atom. The average molecular weight is 445 g/mol. The number of para-hydroxylation sites is 1. The molecule has 6 nitrogen and oxygen atoms in total. The van der Waals surface area contributed by atoms with Crippen LogP contribution < -0.4 is 10.6 Å². The summed E-state index contributed by atoms with van der Waals surface area (Å²) in [7, 11) is 1.84. The van der Waals surface area contributed by atoms with Crippen LogP contribution in [0, 0.1) is 19.8 Å². The summed E-state index contributed by atoms with van der Waals surface area (Å²) in [5.41, 5.74) is 5.89. The van der Waals surface area contributed by atoms with E-state index in [9.17, 15) is 0 Å². The van der Waals surface area contributed by atoms with Crippen LogP contribution in [0.5, 0.6) is 0 Å². The highest BCUT2D eigenvalue weighted by atomic mass is 15.3. The maximum Gasteiger partial charge on any atom is 0.191 e. The van der Waals surface area contributed by atoms with Crippen LogP contribution in [0.25, 0.3) is 5.69 Å². The van der Waals surface area contributed by atoms with Crippen LogP contribution >= 0.6 is 0 Å². The van der Waals surface area contributed by atoms with E-state index in [-0.39, 0.29) is 0 Å². The summed E-state index contributed by atoms with van der Waals surface area (Å²) in [6.07, 6.45) is 2.36. The van der Waals surface area contributed by atoms with Gasteiger partial charge >= 0.3 is 0 Å². The third-order valence-corrected chi connectivity index (χ3v) is 6.39. The second-order valence-electron chi connectivity index (χ2n) is 8.97. The summed E-state index contributed by atoms with van der Waals surface area (Å²) in [5, 5.41) is 11.7. The molecule has 0 bridgehead atoms. The highest BCUT2D eigenvalue weighted by Gasteiger charge is 2.22. The van der Waals surface area contributed by atoms with Gasteiger partial charge in [0.15, 0.2) is 5.96 Å². The highest BCUT2D eigenvalue weighted by Crippen LogP contribution is 2.18. The quantitative estimate of drug-likeness (QED) is 0.411. The lowest BCUT2D eigenvalue weighted by atomic mass is 10.1. The normalized spacial score (nSPS) is 16.8. The Morgan fingerprint density at radius 1 is 1.06 bits per heavy atom. The van der Waals surface area contributed by atoms with Gasteiger partial charge in [-0.05, 0) is 62.4 Å². The van der Waals surface area contributed by atoms with Crippen molar-refractivity contribution in [2.24, 2.45) is 10.9 Å². The van der Waals surface area contributed by atoms with Crippen molar-refractivity contribution in [3.05, 3.63) is 83.2 Å². The first-order chi connectivity index (χ1) is 16.1. The molecule has 2 N–H and O–H groups in total. The minimum absolute atomic E-state index is 0.654. The van der Waals surface area contributed by atoms with Crippen molar-refractivity contribution in [2.45, 2.75) is 33.2 Å². The van der Waals surface area contributed by atoms with Gasteiger partial charge in [-0.2, -0.15) is 5.10 Å². The molecule has 174 valence electrons. The summed E-state index contributed by atoms with van der Waals surface area (Å²) in [6, 6.07) is 21.3. The van der Waals surface area contributed by atoms with Crippen LogP contribution in [0.2, 0.25) is 0 Å². The average Bonchev–Trinajstić information content (AvgIpc) is 3.44. The minimum atomic E-state index is 0.654. The number of nitrogens with one attached hydrogen (secondary N) is 2. The first kappa shape index (κ1) is 23.1. The number of likely N-dealkylation sites (tertiary alicyclic amines) is 1. The van der Waals surface area contributed by atoms with Gasteiger partial charge in [0.1, 0.15) is 0 Å². The first-order valence-corrected chi connectivity index (χ1v) is 11.9. The van der Waals surface area contributed by atoms with Gasteiger partial charge in [0.05, 0.1) is 11.4 Å². The summed E-state index contributed by atoms with van der Waals surface area (Å²) >= 11 is 0. The van der Waals surface area contributed by atoms with Gasteiger partial charge in [0.25, 0.3) is 0 Å². The van der Waals surface area contributed by atoms with E-state index in [1.54, 1.807) is 0 Å². The van der Waals surface area contributed by atoms with Gasteiger partial charge in [-0.3, -0.25) is 4.99 Å². The third kappa shape index (κ3) is 6.23. The molecule has 1 fully saturated rings. The van der Waals surface area contributed by atoms with Gasteiger partial charge in [0.2, 0.25) is 0 Å². The van der Waals surface area contributed by atoms with Gasteiger partial charge in [-0.15, -0.1) is 0 Å². The molecule has 2 heterocycles. The van der Waals surface area contributed by atoms with Crippen molar-refractivity contribution in [3.8, 4) is 5.69 Å². The fourth-order valence-electron chi connectivity index (χ4n) is 4.59. The Bertz CT molecular complexity index is 1060. The van der Waals surface area contributed by atoms with Crippen LogP contribution in [-0.2, 0) is 13.0 Å². The molecule has 1 aliphatic rings. The Balaban J connectivity index is 1.25. The smallest absolute Gasteiger partial charge is 0.191 e. The summed E-state index contributed by atoms with van der Waals surface area (Å²) in [6.45, 7) is 9.23. The van der Waals surface area contributed by atoms with Crippen LogP contribution in [0.15, 0.2) is 65.7 Å². The SMILES string of the molecule is CN=C(NCc1ccccc1-n1nc(C)cc1C)NCC1CCN(CCc2ccccc2)C1. The molecule has 0 spiro atoms. The second kappa shape index (κ2) is 11.1. The van der Waals surface area contributed by atoms with E-state index in [0.29, 0.717) is 12.5 Å². The number of hydrogen-bond acceptors (Lipinski definition) is 3. The van der Waals surface area contributed by atoms with Crippen LogP contribution in [0.1, 0.15) is 28.9 Å². The van der Waals surface area contributed by atoms with Gasteiger partial charge in [-0.1, -0.05) is 48.5 Å². The molecular weight excluding hydrogens is 408 g/mol. The van der Waals surface area contributed by atoms with Crippen molar-refractivity contribution >= 4 is 5.96 Å². The van der Waals surface area contributed by atoms with Crippen LogP contribution in [0.3, 0.4) is 0 Å². The lowest BCUT2D eigenvalue weighted by Gasteiger charge is -2.18. The zero-order valence-corrected chi connectivity index (χ0v) is 20.1. The molecule has 33 heavy (non-hydrogen) atoms. The molecule has 1 atom stereocenters. The molecule has 6 heteroatoms. The predicted octanol–water partition coefficient (Wildman–Crippen LogP) is 3.72. The molecule has 0 amide bonds. The number of aliphatic imine (C=N–C) groups is 1. The number of benzene rings is 2.